The van der Waals surface area contributed by atoms with Crippen molar-refractivity contribution in [3.05, 3.63) is 48.0 Å². The topological polar surface area (TPSA) is 93.7 Å². The Morgan fingerprint density at radius 3 is 2.04 bits per heavy atom. The number of rotatable bonds is 6. The lowest BCUT2D eigenvalue weighted by Gasteiger charge is -2.20. The average molecular weight is 392 g/mol. The van der Waals surface area contributed by atoms with E-state index in [4.69, 9.17) is 9.47 Å². The van der Waals surface area contributed by atoms with E-state index < -0.39 is 15.6 Å². The van der Waals surface area contributed by atoms with Crippen LogP contribution in [-0.4, -0.2) is 34.1 Å². The summed E-state index contributed by atoms with van der Waals surface area (Å²) in [6.07, 6.45) is 0. The standard InChI is InChI=1S/C19H24N2O5S/c1-19(2,3)21-27(23,24)15-9-6-13(7-10-15)18(22)20-14-8-11-16(25-4)17(12-14)26-5/h6-12,21H,1-5H3,(H,20,22). The molecule has 0 aliphatic rings. The van der Waals surface area contributed by atoms with Gasteiger partial charge in [0.25, 0.3) is 5.91 Å². The highest BCUT2D eigenvalue weighted by Gasteiger charge is 2.22. The van der Waals surface area contributed by atoms with Gasteiger partial charge in [0, 0.05) is 22.9 Å². The van der Waals surface area contributed by atoms with Crippen LogP contribution in [0.2, 0.25) is 0 Å². The quantitative estimate of drug-likeness (QED) is 0.788. The number of ether oxygens (including phenoxy) is 2. The fourth-order valence-corrected chi connectivity index (χ4v) is 3.78. The molecule has 146 valence electrons. The van der Waals surface area contributed by atoms with Crippen LogP contribution in [0.4, 0.5) is 5.69 Å². The molecule has 0 aromatic heterocycles. The molecule has 0 saturated heterocycles. The molecule has 0 radical (unpaired) electrons. The monoisotopic (exact) mass is 392 g/mol. The maximum absolute atomic E-state index is 12.4. The summed E-state index contributed by atoms with van der Waals surface area (Å²) < 4.78 is 37.6. The largest absolute Gasteiger partial charge is 0.493 e. The Hall–Kier alpha value is -2.58. The molecule has 2 aromatic carbocycles. The number of methoxy groups -OCH3 is 2. The van der Waals surface area contributed by atoms with Crippen LogP contribution in [0, 0.1) is 0 Å². The molecule has 0 fully saturated rings. The highest BCUT2D eigenvalue weighted by molar-refractivity contribution is 7.89. The minimum absolute atomic E-state index is 0.0973. The van der Waals surface area contributed by atoms with Crippen molar-refractivity contribution in [2.24, 2.45) is 0 Å². The molecular formula is C19H24N2O5S. The van der Waals surface area contributed by atoms with E-state index in [1.807, 2.05) is 0 Å². The Morgan fingerprint density at radius 1 is 0.926 bits per heavy atom. The fraction of sp³-hybridized carbons (Fsp3) is 0.316. The van der Waals surface area contributed by atoms with Crippen molar-refractivity contribution < 1.29 is 22.7 Å². The molecule has 2 N–H and O–H groups in total. The number of carbonyl (C=O) groups excluding carboxylic acids is 1. The molecule has 0 unspecified atom stereocenters. The van der Waals surface area contributed by atoms with Crippen LogP contribution in [0.5, 0.6) is 11.5 Å². The summed E-state index contributed by atoms with van der Waals surface area (Å²) in [5.74, 6) is 0.677. The summed E-state index contributed by atoms with van der Waals surface area (Å²) >= 11 is 0. The number of hydrogen-bond acceptors (Lipinski definition) is 5. The molecule has 0 aliphatic carbocycles. The molecule has 7 nitrogen and oxygen atoms in total. The predicted octanol–water partition coefficient (Wildman–Crippen LogP) is 3.03. The maximum Gasteiger partial charge on any atom is 0.255 e. The molecule has 2 rings (SSSR count). The predicted molar refractivity (Wildman–Crippen MR) is 104 cm³/mol. The minimum Gasteiger partial charge on any atom is -0.493 e. The SMILES string of the molecule is COc1ccc(NC(=O)c2ccc(S(=O)(=O)NC(C)(C)C)cc2)cc1OC. The zero-order valence-corrected chi connectivity index (χ0v) is 16.8. The molecule has 2 aromatic rings. The third-order valence-corrected chi connectivity index (χ3v) is 5.28. The third kappa shape index (κ3) is 5.45. The summed E-state index contributed by atoms with van der Waals surface area (Å²) in [5.41, 5.74) is 0.269. The van der Waals surface area contributed by atoms with Crippen molar-refractivity contribution >= 4 is 21.6 Å². The van der Waals surface area contributed by atoms with Gasteiger partial charge in [0.1, 0.15) is 0 Å². The van der Waals surface area contributed by atoms with E-state index in [1.54, 1.807) is 39.0 Å². The van der Waals surface area contributed by atoms with Crippen molar-refractivity contribution in [1.29, 1.82) is 0 Å². The van der Waals surface area contributed by atoms with Crippen LogP contribution in [0.15, 0.2) is 47.4 Å². The van der Waals surface area contributed by atoms with E-state index in [9.17, 15) is 13.2 Å². The van der Waals surface area contributed by atoms with Gasteiger partial charge in [-0.2, -0.15) is 0 Å². The van der Waals surface area contributed by atoms with E-state index in [-0.39, 0.29) is 10.8 Å². The summed E-state index contributed by atoms with van der Waals surface area (Å²) in [4.78, 5) is 12.5. The highest BCUT2D eigenvalue weighted by Crippen LogP contribution is 2.30. The molecule has 0 bridgehead atoms. The second-order valence-corrected chi connectivity index (χ2v) is 8.59. The van der Waals surface area contributed by atoms with Gasteiger partial charge in [-0.1, -0.05) is 0 Å². The van der Waals surface area contributed by atoms with Crippen molar-refractivity contribution in [3.63, 3.8) is 0 Å². The van der Waals surface area contributed by atoms with Crippen molar-refractivity contribution in [2.45, 2.75) is 31.2 Å². The molecule has 1 amide bonds. The number of hydrogen-bond donors (Lipinski definition) is 2. The lowest BCUT2D eigenvalue weighted by molar-refractivity contribution is 0.102. The minimum atomic E-state index is -3.65. The molecule has 8 heteroatoms. The van der Waals surface area contributed by atoms with Crippen LogP contribution in [0.3, 0.4) is 0 Å². The summed E-state index contributed by atoms with van der Waals surface area (Å²) in [6.45, 7) is 5.28. The van der Waals surface area contributed by atoms with Crippen LogP contribution in [0.25, 0.3) is 0 Å². The smallest absolute Gasteiger partial charge is 0.255 e. The third-order valence-electron chi connectivity index (χ3n) is 3.51. The van der Waals surface area contributed by atoms with Gasteiger partial charge in [0.2, 0.25) is 10.0 Å². The highest BCUT2D eigenvalue weighted by atomic mass is 32.2. The number of amides is 1. The Balaban J connectivity index is 2.17. The zero-order valence-electron chi connectivity index (χ0n) is 16.0. The van der Waals surface area contributed by atoms with Gasteiger partial charge in [0.05, 0.1) is 19.1 Å². The molecular weight excluding hydrogens is 368 g/mol. The first-order chi connectivity index (χ1) is 12.6. The van der Waals surface area contributed by atoms with Crippen LogP contribution >= 0.6 is 0 Å². The number of nitrogens with one attached hydrogen (secondary N) is 2. The van der Waals surface area contributed by atoms with Crippen LogP contribution < -0.4 is 19.5 Å². The van der Waals surface area contributed by atoms with Crippen LogP contribution in [0.1, 0.15) is 31.1 Å². The van der Waals surface area contributed by atoms with E-state index in [2.05, 4.69) is 10.0 Å². The van der Waals surface area contributed by atoms with Gasteiger partial charge in [-0.15, -0.1) is 0 Å². The number of sulfonamides is 1. The zero-order chi connectivity index (χ0) is 20.2. The first-order valence-electron chi connectivity index (χ1n) is 8.23. The normalized spacial score (nSPS) is 11.7. The van der Waals surface area contributed by atoms with Gasteiger partial charge in [-0.25, -0.2) is 13.1 Å². The van der Waals surface area contributed by atoms with Crippen LogP contribution in [-0.2, 0) is 10.0 Å². The van der Waals surface area contributed by atoms with Crippen molar-refractivity contribution in [2.75, 3.05) is 19.5 Å². The summed E-state index contributed by atoms with van der Waals surface area (Å²) in [6, 6.07) is 10.7. The first kappa shape index (κ1) is 20.7. The van der Waals surface area contributed by atoms with E-state index in [0.29, 0.717) is 22.7 Å². The lowest BCUT2D eigenvalue weighted by atomic mass is 10.1. The molecule has 0 saturated carbocycles. The molecule has 0 heterocycles. The Labute approximate surface area is 159 Å². The van der Waals surface area contributed by atoms with Gasteiger partial charge >= 0.3 is 0 Å². The summed E-state index contributed by atoms with van der Waals surface area (Å²) in [5, 5.41) is 2.74. The molecule has 0 spiro atoms. The summed E-state index contributed by atoms with van der Waals surface area (Å²) in [7, 11) is -0.612. The van der Waals surface area contributed by atoms with E-state index >= 15 is 0 Å². The van der Waals surface area contributed by atoms with Gasteiger partial charge in [0.15, 0.2) is 11.5 Å². The first-order valence-corrected chi connectivity index (χ1v) is 9.71. The van der Waals surface area contributed by atoms with E-state index in [1.165, 1.54) is 38.5 Å². The Kier molecular flexibility index (Phi) is 6.12. The average Bonchev–Trinajstić information content (AvgIpc) is 2.59. The fourth-order valence-electron chi connectivity index (χ4n) is 2.36. The molecule has 0 aliphatic heterocycles. The van der Waals surface area contributed by atoms with E-state index in [0.717, 1.165) is 0 Å². The number of anilines is 1. The maximum atomic E-state index is 12.4. The van der Waals surface area contributed by atoms with Crippen molar-refractivity contribution in [3.8, 4) is 11.5 Å². The molecule has 0 atom stereocenters. The van der Waals surface area contributed by atoms with Crippen molar-refractivity contribution in [1.82, 2.24) is 4.72 Å². The number of carbonyl (C=O) groups is 1. The molecule has 27 heavy (non-hydrogen) atoms. The van der Waals surface area contributed by atoms with Gasteiger partial charge in [-0.3, -0.25) is 4.79 Å². The Morgan fingerprint density at radius 2 is 1.52 bits per heavy atom. The second kappa shape index (κ2) is 7.98. The lowest BCUT2D eigenvalue weighted by Crippen LogP contribution is -2.40. The Bertz CT molecular complexity index is 916. The van der Waals surface area contributed by atoms with Gasteiger partial charge < -0.3 is 14.8 Å². The number of benzene rings is 2. The second-order valence-electron chi connectivity index (χ2n) is 6.90. The van der Waals surface area contributed by atoms with Gasteiger partial charge in [-0.05, 0) is 57.2 Å².